The number of carboxylic acids is 1. The fourth-order valence-electron chi connectivity index (χ4n) is 0.893. The van der Waals surface area contributed by atoms with Gasteiger partial charge in [0, 0.05) is 19.3 Å². The number of urea groups is 1. The summed E-state index contributed by atoms with van der Waals surface area (Å²) in [6.07, 6.45) is 1.66. The predicted molar refractivity (Wildman–Crippen MR) is 52.5 cm³/mol. The summed E-state index contributed by atoms with van der Waals surface area (Å²) in [7, 11) is 1.71. The van der Waals surface area contributed by atoms with Crippen LogP contribution in [-0.4, -0.2) is 32.9 Å². The van der Waals surface area contributed by atoms with Crippen molar-refractivity contribution in [3.8, 4) is 0 Å². The van der Waals surface area contributed by atoms with Crippen molar-refractivity contribution in [1.82, 2.24) is 15.1 Å². The molecule has 3 N–H and O–H groups in total. The second kappa shape index (κ2) is 4.45. The summed E-state index contributed by atoms with van der Waals surface area (Å²) < 4.78 is 1.52. The smallest absolute Gasteiger partial charge is 0.325 e. The number of hydrogen-bond donors (Lipinski definition) is 3. The van der Waals surface area contributed by atoms with E-state index in [0.717, 1.165) is 0 Å². The molecule has 1 aromatic rings. The molecule has 1 aromatic heterocycles. The highest BCUT2D eigenvalue weighted by Gasteiger charge is 2.13. The molecule has 7 nitrogen and oxygen atoms in total. The molecule has 2 amide bonds. The highest BCUT2D eigenvalue weighted by atomic mass is 16.4. The molecule has 0 fully saturated rings. The minimum absolute atomic E-state index is 0.368. The van der Waals surface area contributed by atoms with Crippen LogP contribution in [0.2, 0.25) is 0 Å². The Kier molecular flexibility index (Phi) is 3.27. The number of hydrogen-bond acceptors (Lipinski definition) is 3. The summed E-state index contributed by atoms with van der Waals surface area (Å²) in [5, 5.41) is 17.1. The average Bonchev–Trinajstić information content (AvgIpc) is 2.50. The Morgan fingerprint density at radius 3 is 2.73 bits per heavy atom. The standard InChI is InChI=1S/C8H12N4O3/c1-5(7(13)14)9-8(15)10-6-3-4-12(2)11-6/h3-5H,1-2H3,(H,13,14)(H2,9,10,11,15)/t5-/m0/s1. The molecule has 82 valence electrons. The molecule has 0 unspecified atom stereocenters. The largest absolute Gasteiger partial charge is 0.480 e. The molecule has 0 bridgehead atoms. The third-order valence-corrected chi connectivity index (χ3v) is 1.67. The quantitative estimate of drug-likeness (QED) is 0.657. The first-order valence-electron chi connectivity index (χ1n) is 4.29. The van der Waals surface area contributed by atoms with Crippen LogP contribution in [0.15, 0.2) is 12.3 Å². The van der Waals surface area contributed by atoms with Crippen LogP contribution in [0.3, 0.4) is 0 Å². The normalized spacial score (nSPS) is 11.9. The Bertz CT molecular complexity index is 374. The summed E-state index contributed by atoms with van der Waals surface area (Å²) in [5.74, 6) is -0.723. The maximum absolute atomic E-state index is 11.2. The van der Waals surface area contributed by atoms with Crippen LogP contribution in [0, 0.1) is 0 Å². The van der Waals surface area contributed by atoms with Gasteiger partial charge in [0.15, 0.2) is 5.82 Å². The number of carbonyl (C=O) groups is 2. The van der Waals surface area contributed by atoms with Crippen molar-refractivity contribution >= 4 is 17.8 Å². The highest BCUT2D eigenvalue weighted by Crippen LogP contribution is 2.00. The number of amides is 2. The monoisotopic (exact) mass is 212 g/mol. The van der Waals surface area contributed by atoms with Gasteiger partial charge in [-0.2, -0.15) is 5.10 Å². The van der Waals surface area contributed by atoms with E-state index in [4.69, 9.17) is 5.11 Å². The zero-order valence-electron chi connectivity index (χ0n) is 8.39. The summed E-state index contributed by atoms with van der Waals surface area (Å²) in [6, 6.07) is 0.0719. The number of aromatic nitrogens is 2. The summed E-state index contributed by atoms with van der Waals surface area (Å²) in [6.45, 7) is 1.38. The van der Waals surface area contributed by atoms with Crippen molar-refractivity contribution in [2.45, 2.75) is 13.0 Å². The molecule has 1 atom stereocenters. The van der Waals surface area contributed by atoms with Crippen LogP contribution in [-0.2, 0) is 11.8 Å². The number of anilines is 1. The number of nitrogens with one attached hydrogen (secondary N) is 2. The first-order valence-corrected chi connectivity index (χ1v) is 4.29. The van der Waals surface area contributed by atoms with Crippen molar-refractivity contribution in [3.63, 3.8) is 0 Å². The van der Waals surface area contributed by atoms with Crippen molar-refractivity contribution in [1.29, 1.82) is 0 Å². The van der Waals surface area contributed by atoms with E-state index in [9.17, 15) is 9.59 Å². The van der Waals surface area contributed by atoms with Crippen molar-refractivity contribution < 1.29 is 14.7 Å². The number of carbonyl (C=O) groups excluding carboxylic acids is 1. The summed E-state index contributed by atoms with van der Waals surface area (Å²) in [4.78, 5) is 21.6. The highest BCUT2D eigenvalue weighted by molar-refractivity contribution is 5.91. The number of aliphatic carboxylic acids is 1. The van der Waals surface area contributed by atoms with Crippen LogP contribution < -0.4 is 10.6 Å². The Morgan fingerprint density at radius 1 is 1.60 bits per heavy atom. The second-order valence-electron chi connectivity index (χ2n) is 3.03. The molecule has 0 aromatic carbocycles. The molecule has 0 saturated heterocycles. The van der Waals surface area contributed by atoms with Crippen LogP contribution in [0.1, 0.15) is 6.92 Å². The predicted octanol–water partition coefficient (Wildman–Crippen LogP) is 0.0147. The van der Waals surface area contributed by atoms with Gasteiger partial charge in [-0.3, -0.25) is 14.8 Å². The van der Waals surface area contributed by atoms with Gasteiger partial charge in [-0.25, -0.2) is 4.79 Å². The lowest BCUT2D eigenvalue weighted by Crippen LogP contribution is -2.40. The lowest BCUT2D eigenvalue weighted by molar-refractivity contribution is -0.138. The third-order valence-electron chi connectivity index (χ3n) is 1.67. The molecule has 0 radical (unpaired) electrons. The zero-order valence-corrected chi connectivity index (χ0v) is 8.39. The first-order chi connectivity index (χ1) is 6.99. The summed E-state index contributed by atoms with van der Waals surface area (Å²) >= 11 is 0. The van der Waals surface area contributed by atoms with Gasteiger partial charge < -0.3 is 10.4 Å². The molecule has 0 spiro atoms. The Hall–Kier alpha value is -2.05. The molecule has 1 heterocycles. The number of carboxylic acid groups (broad SMARTS) is 1. The van der Waals surface area contributed by atoms with E-state index in [-0.39, 0.29) is 0 Å². The van der Waals surface area contributed by atoms with E-state index < -0.39 is 18.0 Å². The molecular weight excluding hydrogens is 200 g/mol. The summed E-state index contributed by atoms with van der Waals surface area (Å²) in [5.41, 5.74) is 0. The van der Waals surface area contributed by atoms with Crippen LogP contribution in [0.25, 0.3) is 0 Å². The minimum atomic E-state index is -1.09. The van der Waals surface area contributed by atoms with E-state index in [0.29, 0.717) is 5.82 Å². The van der Waals surface area contributed by atoms with Gasteiger partial charge in [-0.1, -0.05) is 0 Å². The SMILES string of the molecule is C[C@H](NC(=O)Nc1ccn(C)n1)C(=O)O. The molecule has 1 rings (SSSR count). The Balaban J connectivity index is 2.46. The molecule has 15 heavy (non-hydrogen) atoms. The van der Waals surface area contributed by atoms with Gasteiger partial charge in [-0.05, 0) is 6.92 Å². The van der Waals surface area contributed by atoms with Gasteiger partial charge in [0.05, 0.1) is 0 Å². The maximum Gasteiger partial charge on any atom is 0.325 e. The van der Waals surface area contributed by atoms with E-state index in [1.54, 1.807) is 19.3 Å². The van der Waals surface area contributed by atoms with E-state index in [1.165, 1.54) is 11.6 Å². The van der Waals surface area contributed by atoms with E-state index >= 15 is 0 Å². The molecular formula is C8H12N4O3. The second-order valence-corrected chi connectivity index (χ2v) is 3.03. The number of aryl methyl sites for hydroxylation is 1. The minimum Gasteiger partial charge on any atom is -0.480 e. The van der Waals surface area contributed by atoms with Crippen molar-refractivity contribution in [3.05, 3.63) is 12.3 Å². The van der Waals surface area contributed by atoms with Crippen LogP contribution in [0.5, 0.6) is 0 Å². The third kappa shape index (κ3) is 3.29. The Labute approximate surface area is 86.1 Å². The number of rotatable bonds is 3. The van der Waals surface area contributed by atoms with Crippen LogP contribution >= 0.6 is 0 Å². The molecule has 0 saturated carbocycles. The van der Waals surface area contributed by atoms with E-state index in [2.05, 4.69) is 15.7 Å². The Morgan fingerprint density at radius 2 is 2.27 bits per heavy atom. The fourth-order valence-corrected chi connectivity index (χ4v) is 0.893. The van der Waals surface area contributed by atoms with Gasteiger partial charge >= 0.3 is 12.0 Å². The van der Waals surface area contributed by atoms with Crippen molar-refractivity contribution in [2.75, 3.05) is 5.32 Å². The van der Waals surface area contributed by atoms with Gasteiger partial charge in [0.2, 0.25) is 0 Å². The van der Waals surface area contributed by atoms with Crippen LogP contribution in [0.4, 0.5) is 10.6 Å². The maximum atomic E-state index is 11.2. The zero-order chi connectivity index (χ0) is 11.4. The molecule has 0 aliphatic carbocycles. The van der Waals surface area contributed by atoms with Crippen molar-refractivity contribution in [2.24, 2.45) is 7.05 Å². The topological polar surface area (TPSA) is 96.3 Å². The molecule has 7 heteroatoms. The lowest BCUT2D eigenvalue weighted by atomic mass is 10.3. The van der Waals surface area contributed by atoms with Gasteiger partial charge in [-0.15, -0.1) is 0 Å². The molecule has 0 aliphatic rings. The lowest BCUT2D eigenvalue weighted by Gasteiger charge is -2.08. The average molecular weight is 212 g/mol. The fraction of sp³-hybridized carbons (Fsp3) is 0.375. The molecule has 0 aliphatic heterocycles. The van der Waals surface area contributed by atoms with Gasteiger partial charge in [0.25, 0.3) is 0 Å². The first kappa shape index (κ1) is 11.0. The number of nitrogens with zero attached hydrogens (tertiary/aromatic N) is 2. The van der Waals surface area contributed by atoms with E-state index in [1.807, 2.05) is 0 Å². The van der Waals surface area contributed by atoms with Gasteiger partial charge in [0.1, 0.15) is 6.04 Å².